The summed E-state index contributed by atoms with van der Waals surface area (Å²) in [6.45, 7) is 0.538. The van der Waals surface area contributed by atoms with Gasteiger partial charge in [0.1, 0.15) is 10.5 Å². The quantitative estimate of drug-likeness (QED) is 0.275. The molecule has 158 valence electrons. The van der Waals surface area contributed by atoms with Crippen LogP contribution in [-0.4, -0.2) is 19.9 Å². The summed E-state index contributed by atoms with van der Waals surface area (Å²) < 4.78 is 1.53. The maximum absolute atomic E-state index is 11.0. The van der Waals surface area contributed by atoms with Gasteiger partial charge < -0.3 is 10.3 Å². The monoisotopic (exact) mass is 511 g/mol. The van der Waals surface area contributed by atoms with E-state index in [1.54, 1.807) is 34.9 Å². The van der Waals surface area contributed by atoms with E-state index in [-0.39, 0.29) is 10.8 Å². The maximum atomic E-state index is 11.0. The lowest BCUT2D eigenvalue weighted by atomic mass is 10.2. The number of thiophene rings is 2. The van der Waals surface area contributed by atoms with Gasteiger partial charge in [0, 0.05) is 16.6 Å². The molecule has 1 aromatic carbocycles. The predicted molar refractivity (Wildman–Crippen MR) is 129 cm³/mol. The number of rotatable bonds is 3. The summed E-state index contributed by atoms with van der Waals surface area (Å²) in [5, 5.41) is 8.41. The Labute approximate surface area is 197 Å². The maximum Gasteiger partial charge on any atom is 0.326 e. The summed E-state index contributed by atoms with van der Waals surface area (Å²) >= 11 is 20.8. The van der Waals surface area contributed by atoms with Crippen LogP contribution in [0.2, 0.25) is 15.3 Å². The van der Waals surface area contributed by atoms with E-state index in [4.69, 9.17) is 34.8 Å². The zero-order valence-corrected chi connectivity index (χ0v) is 19.3. The lowest BCUT2D eigenvalue weighted by molar-refractivity contribution is 1.09. The molecular formula is C19H12Cl3N5O2S2. The number of aromatic amines is 2. The Kier molecular flexibility index (Phi) is 6.59. The molecule has 12 heteroatoms. The number of nitrogens with one attached hydrogen (secondary N) is 3. The number of anilines is 1. The molecule has 4 aromatic heterocycles. The summed E-state index contributed by atoms with van der Waals surface area (Å²) in [7, 11) is 0. The SMILES string of the molecule is Clc1ccc(CNc2nc(Cl)nc3ccsc23)c(Cl)c1.O=c1[nH]c(=O)c2sccc2[nH]1. The first kappa shape index (κ1) is 21.8. The first-order valence-corrected chi connectivity index (χ1v) is 11.6. The molecule has 0 aliphatic heterocycles. The molecule has 0 spiro atoms. The Hall–Kier alpha value is -2.43. The van der Waals surface area contributed by atoms with Crippen LogP contribution in [0.5, 0.6) is 0 Å². The fourth-order valence-electron chi connectivity index (χ4n) is 2.70. The standard InChI is InChI=1S/C13H8Cl3N3S.C6H4N2O2S/c14-8-2-1-7(9(15)5-8)6-17-12-11-10(3-4-20-11)18-13(16)19-12;9-5-4-3(1-2-11-4)7-6(10)8-5/h1-5H,6H2,(H,17,18,19);1-2H,(H2,7,8,9,10). The molecule has 0 saturated heterocycles. The molecule has 0 fully saturated rings. The minimum atomic E-state index is -0.457. The molecule has 4 heterocycles. The second kappa shape index (κ2) is 9.37. The highest BCUT2D eigenvalue weighted by Gasteiger charge is 2.09. The summed E-state index contributed by atoms with van der Waals surface area (Å²) in [5.41, 5.74) is 1.60. The van der Waals surface area contributed by atoms with Crippen molar-refractivity contribution in [2.75, 3.05) is 5.32 Å². The minimum absolute atomic E-state index is 0.223. The number of hydrogen-bond donors (Lipinski definition) is 3. The van der Waals surface area contributed by atoms with Crippen molar-refractivity contribution in [1.29, 1.82) is 0 Å². The van der Waals surface area contributed by atoms with Gasteiger partial charge in [0.2, 0.25) is 5.28 Å². The highest BCUT2D eigenvalue weighted by molar-refractivity contribution is 7.17. The number of H-pyrrole nitrogens is 2. The first-order valence-electron chi connectivity index (χ1n) is 8.69. The summed E-state index contributed by atoms with van der Waals surface area (Å²) in [6.07, 6.45) is 0. The molecular weight excluding hydrogens is 501 g/mol. The van der Waals surface area contributed by atoms with Gasteiger partial charge in [-0.1, -0.05) is 29.3 Å². The van der Waals surface area contributed by atoms with E-state index < -0.39 is 5.69 Å². The van der Waals surface area contributed by atoms with Crippen LogP contribution in [0.3, 0.4) is 0 Å². The lowest BCUT2D eigenvalue weighted by Crippen LogP contribution is -2.20. The van der Waals surface area contributed by atoms with Crippen LogP contribution in [0.4, 0.5) is 5.82 Å². The van der Waals surface area contributed by atoms with Gasteiger partial charge in [-0.2, -0.15) is 4.98 Å². The number of hydrogen-bond acceptors (Lipinski definition) is 7. The van der Waals surface area contributed by atoms with Gasteiger partial charge in [0.05, 0.1) is 15.7 Å². The summed E-state index contributed by atoms with van der Waals surface area (Å²) in [4.78, 5) is 34.7. The Balaban J connectivity index is 0.000000177. The van der Waals surface area contributed by atoms with Gasteiger partial charge in [-0.05, 0) is 52.2 Å². The van der Waals surface area contributed by atoms with Crippen molar-refractivity contribution in [3.05, 3.63) is 82.8 Å². The highest BCUT2D eigenvalue weighted by atomic mass is 35.5. The number of benzene rings is 1. The van der Waals surface area contributed by atoms with Crippen molar-refractivity contribution >= 4 is 83.7 Å². The molecule has 0 atom stereocenters. The van der Waals surface area contributed by atoms with Gasteiger partial charge in [0.25, 0.3) is 5.56 Å². The van der Waals surface area contributed by atoms with Crippen LogP contribution in [0, 0.1) is 0 Å². The van der Waals surface area contributed by atoms with Crippen LogP contribution < -0.4 is 16.6 Å². The number of halogens is 3. The van der Waals surface area contributed by atoms with Crippen LogP contribution >= 0.6 is 57.5 Å². The fraction of sp³-hybridized carbons (Fsp3) is 0.0526. The van der Waals surface area contributed by atoms with Gasteiger partial charge in [-0.15, -0.1) is 22.7 Å². The molecule has 0 aliphatic carbocycles. The molecule has 0 saturated carbocycles. The van der Waals surface area contributed by atoms with Crippen molar-refractivity contribution in [3.8, 4) is 0 Å². The average Bonchev–Trinajstić information content (AvgIpc) is 3.37. The lowest BCUT2D eigenvalue weighted by Gasteiger charge is -2.08. The zero-order valence-electron chi connectivity index (χ0n) is 15.4. The molecule has 31 heavy (non-hydrogen) atoms. The molecule has 0 unspecified atom stereocenters. The van der Waals surface area contributed by atoms with Crippen molar-refractivity contribution in [3.63, 3.8) is 0 Å². The molecule has 7 nitrogen and oxygen atoms in total. The van der Waals surface area contributed by atoms with Crippen LogP contribution in [0.15, 0.2) is 50.7 Å². The van der Waals surface area contributed by atoms with E-state index in [0.717, 1.165) is 15.8 Å². The normalized spacial score (nSPS) is 10.8. The van der Waals surface area contributed by atoms with Crippen LogP contribution in [-0.2, 0) is 6.54 Å². The third-order valence-electron chi connectivity index (χ3n) is 4.08. The van der Waals surface area contributed by atoms with E-state index in [1.165, 1.54) is 11.3 Å². The second-order valence-electron chi connectivity index (χ2n) is 6.14. The van der Waals surface area contributed by atoms with Crippen LogP contribution in [0.1, 0.15) is 5.56 Å². The predicted octanol–water partition coefficient (Wildman–Crippen LogP) is 5.54. The van der Waals surface area contributed by atoms with E-state index >= 15 is 0 Å². The van der Waals surface area contributed by atoms with Crippen molar-refractivity contribution in [2.24, 2.45) is 0 Å². The third kappa shape index (κ3) is 5.08. The Bertz CT molecular complexity index is 1490. The van der Waals surface area contributed by atoms with E-state index in [2.05, 4.69) is 25.3 Å². The third-order valence-corrected chi connectivity index (χ3v) is 6.66. The molecule has 0 radical (unpaired) electrons. The summed E-state index contributed by atoms with van der Waals surface area (Å²) in [6, 6.07) is 9.02. The average molecular weight is 513 g/mol. The second-order valence-corrected chi connectivity index (χ2v) is 9.15. The molecule has 0 aliphatic rings. The number of nitrogens with zero attached hydrogens (tertiary/aromatic N) is 2. The Morgan fingerprint density at radius 2 is 1.71 bits per heavy atom. The zero-order chi connectivity index (χ0) is 22.0. The molecule has 5 rings (SSSR count). The fourth-order valence-corrected chi connectivity index (χ4v) is 4.89. The number of fused-ring (bicyclic) bond motifs is 2. The van der Waals surface area contributed by atoms with Gasteiger partial charge in [-0.25, -0.2) is 9.78 Å². The largest absolute Gasteiger partial charge is 0.365 e. The number of aromatic nitrogens is 4. The van der Waals surface area contributed by atoms with Crippen molar-refractivity contribution < 1.29 is 0 Å². The van der Waals surface area contributed by atoms with Gasteiger partial charge >= 0.3 is 5.69 Å². The van der Waals surface area contributed by atoms with E-state index in [0.29, 0.717) is 32.6 Å². The Morgan fingerprint density at radius 1 is 0.935 bits per heavy atom. The van der Waals surface area contributed by atoms with E-state index in [1.807, 2.05) is 17.5 Å². The Morgan fingerprint density at radius 3 is 2.52 bits per heavy atom. The smallest absolute Gasteiger partial charge is 0.326 e. The molecule has 0 amide bonds. The van der Waals surface area contributed by atoms with Crippen molar-refractivity contribution in [2.45, 2.75) is 6.54 Å². The van der Waals surface area contributed by atoms with Gasteiger partial charge in [0.15, 0.2) is 0 Å². The molecule has 0 bridgehead atoms. The molecule has 5 aromatic rings. The van der Waals surface area contributed by atoms with Crippen LogP contribution in [0.25, 0.3) is 20.4 Å². The highest BCUT2D eigenvalue weighted by Crippen LogP contribution is 2.28. The first-order chi connectivity index (χ1) is 14.9. The minimum Gasteiger partial charge on any atom is -0.365 e. The summed E-state index contributed by atoms with van der Waals surface area (Å²) in [5.74, 6) is 0.709. The van der Waals surface area contributed by atoms with Gasteiger partial charge in [-0.3, -0.25) is 9.78 Å². The molecule has 3 N–H and O–H groups in total. The van der Waals surface area contributed by atoms with Crippen molar-refractivity contribution in [1.82, 2.24) is 19.9 Å². The topological polar surface area (TPSA) is 104 Å². The van der Waals surface area contributed by atoms with E-state index in [9.17, 15) is 9.59 Å².